The maximum Gasteiger partial charge on any atom is 0.119 e. The van der Waals surface area contributed by atoms with Crippen LogP contribution < -0.4 is 4.74 Å². The summed E-state index contributed by atoms with van der Waals surface area (Å²) >= 11 is 0. The van der Waals surface area contributed by atoms with E-state index in [0.717, 1.165) is 50.0 Å². The van der Waals surface area contributed by atoms with Crippen molar-refractivity contribution in [3.05, 3.63) is 77.9 Å². The Morgan fingerprint density at radius 2 is 1.56 bits per heavy atom. The van der Waals surface area contributed by atoms with Gasteiger partial charge in [0.2, 0.25) is 0 Å². The van der Waals surface area contributed by atoms with Crippen molar-refractivity contribution in [2.75, 3.05) is 6.61 Å². The predicted octanol–water partition coefficient (Wildman–Crippen LogP) is 6.75. The normalized spacial score (nSPS) is 10.1. The first kappa shape index (κ1) is 20.8. The standard InChI is InChI=1S/C26H32O/c1-3-5-7-8-9-11-23-12-14-24(15-13-23)16-17-25-18-20-26(21-19-25)27-22-10-6-4-2/h4,12-15,18-21H,2-3,5-8,10,16-17,22H2,1H3. The van der Waals surface area contributed by atoms with Gasteiger partial charge in [-0.15, -0.1) is 6.58 Å². The van der Waals surface area contributed by atoms with Gasteiger partial charge in [-0.1, -0.05) is 61.9 Å². The summed E-state index contributed by atoms with van der Waals surface area (Å²) in [5.41, 5.74) is 3.82. The molecule has 0 heterocycles. The van der Waals surface area contributed by atoms with Crippen LogP contribution in [-0.4, -0.2) is 6.61 Å². The van der Waals surface area contributed by atoms with Crippen LogP contribution in [-0.2, 0) is 12.8 Å². The fourth-order valence-electron chi connectivity index (χ4n) is 2.84. The Hall–Kier alpha value is -2.46. The minimum atomic E-state index is 0.749. The van der Waals surface area contributed by atoms with Gasteiger partial charge in [0.25, 0.3) is 0 Å². The number of ether oxygens (including phenoxy) is 1. The number of allylic oxidation sites excluding steroid dienone is 1. The second kappa shape index (κ2) is 12.8. The van der Waals surface area contributed by atoms with Crippen LogP contribution in [0.15, 0.2) is 61.2 Å². The lowest BCUT2D eigenvalue weighted by molar-refractivity contribution is 0.312. The number of benzene rings is 2. The quantitative estimate of drug-likeness (QED) is 0.245. The van der Waals surface area contributed by atoms with Crippen LogP contribution in [0, 0.1) is 11.8 Å². The average Bonchev–Trinajstić information content (AvgIpc) is 2.71. The predicted molar refractivity (Wildman–Crippen MR) is 116 cm³/mol. The van der Waals surface area contributed by atoms with Gasteiger partial charge >= 0.3 is 0 Å². The van der Waals surface area contributed by atoms with E-state index in [9.17, 15) is 0 Å². The Labute approximate surface area is 165 Å². The number of hydrogen-bond acceptors (Lipinski definition) is 1. The van der Waals surface area contributed by atoms with Crippen molar-refractivity contribution >= 4 is 0 Å². The van der Waals surface area contributed by atoms with Crippen LogP contribution in [0.3, 0.4) is 0 Å². The second-order valence-electron chi connectivity index (χ2n) is 6.88. The minimum Gasteiger partial charge on any atom is -0.494 e. The number of hydrogen-bond donors (Lipinski definition) is 0. The Morgan fingerprint density at radius 3 is 2.19 bits per heavy atom. The lowest BCUT2D eigenvalue weighted by atomic mass is 10.0. The van der Waals surface area contributed by atoms with Gasteiger partial charge < -0.3 is 4.74 Å². The molecule has 142 valence electrons. The highest BCUT2D eigenvalue weighted by atomic mass is 16.5. The van der Waals surface area contributed by atoms with Crippen LogP contribution in [0.1, 0.15) is 62.1 Å². The van der Waals surface area contributed by atoms with E-state index in [0.29, 0.717) is 0 Å². The molecule has 0 aromatic heterocycles. The maximum atomic E-state index is 5.73. The van der Waals surface area contributed by atoms with Gasteiger partial charge in [-0.05, 0) is 67.5 Å². The molecule has 0 aliphatic heterocycles. The van der Waals surface area contributed by atoms with Crippen molar-refractivity contribution < 1.29 is 4.74 Å². The summed E-state index contributed by atoms with van der Waals surface area (Å²) in [4.78, 5) is 0. The van der Waals surface area contributed by atoms with E-state index < -0.39 is 0 Å². The first-order valence-electron chi connectivity index (χ1n) is 10.2. The molecule has 1 nitrogen and oxygen atoms in total. The molecule has 0 atom stereocenters. The number of aryl methyl sites for hydroxylation is 2. The molecule has 2 rings (SSSR count). The average molecular weight is 361 g/mol. The molecule has 27 heavy (non-hydrogen) atoms. The van der Waals surface area contributed by atoms with Gasteiger partial charge in [0, 0.05) is 12.0 Å². The van der Waals surface area contributed by atoms with Gasteiger partial charge in [0.1, 0.15) is 5.75 Å². The summed E-state index contributed by atoms with van der Waals surface area (Å²) in [6.07, 6.45) is 10.8. The van der Waals surface area contributed by atoms with Gasteiger partial charge in [-0.3, -0.25) is 0 Å². The van der Waals surface area contributed by atoms with E-state index in [4.69, 9.17) is 4.74 Å². The molecule has 0 radical (unpaired) electrons. The molecule has 0 saturated heterocycles. The molecule has 0 saturated carbocycles. The van der Waals surface area contributed by atoms with E-state index >= 15 is 0 Å². The van der Waals surface area contributed by atoms with Crippen LogP contribution >= 0.6 is 0 Å². The molecule has 0 bridgehead atoms. The third-order valence-electron chi connectivity index (χ3n) is 4.54. The highest BCUT2D eigenvalue weighted by Gasteiger charge is 1.98. The molecule has 0 spiro atoms. The highest BCUT2D eigenvalue weighted by molar-refractivity contribution is 5.36. The van der Waals surface area contributed by atoms with Crippen molar-refractivity contribution in [2.24, 2.45) is 0 Å². The molecular formula is C26H32O. The molecule has 0 aliphatic rings. The monoisotopic (exact) mass is 360 g/mol. The second-order valence-corrected chi connectivity index (χ2v) is 6.88. The minimum absolute atomic E-state index is 0.749. The van der Waals surface area contributed by atoms with Crippen molar-refractivity contribution in [3.8, 4) is 17.6 Å². The molecule has 0 unspecified atom stereocenters. The van der Waals surface area contributed by atoms with Crippen molar-refractivity contribution in [3.63, 3.8) is 0 Å². The third kappa shape index (κ3) is 8.65. The van der Waals surface area contributed by atoms with Gasteiger partial charge in [0.05, 0.1) is 6.61 Å². The SMILES string of the molecule is C=CCCCOc1ccc(CCc2ccc(C#CCCCCC)cc2)cc1. The summed E-state index contributed by atoms with van der Waals surface area (Å²) in [5.74, 6) is 7.49. The summed E-state index contributed by atoms with van der Waals surface area (Å²) in [6, 6.07) is 17.2. The van der Waals surface area contributed by atoms with Crippen LogP contribution in [0.2, 0.25) is 0 Å². The molecule has 0 aliphatic carbocycles. The summed E-state index contributed by atoms with van der Waals surface area (Å²) in [5, 5.41) is 0. The van der Waals surface area contributed by atoms with Gasteiger partial charge in [0.15, 0.2) is 0 Å². The topological polar surface area (TPSA) is 9.23 Å². The molecular weight excluding hydrogens is 328 g/mol. The van der Waals surface area contributed by atoms with E-state index in [1.165, 1.54) is 30.4 Å². The van der Waals surface area contributed by atoms with Crippen LogP contribution in [0.4, 0.5) is 0 Å². The molecule has 2 aromatic rings. The smallest absolute Gasteiger partial charge is 0.119 e. The van der Waals surface area contributed by atoms with Gasteiger partial charge in [-0.2, -0.15) is 0 Å². The lowest BCUT2D eigenvalue weighted by Crippen LogP contribution is -1.97. The van der Waals surface area contributed by atoms with Gasteiger partial charge in [-0.25, -0.2) is 0 Å². The summed E-state index contributed by atoms with van der Waals surface area (Å²) in [6.45, 7) is 6.70. The highest BCUT2D eigenvalue weighted by Crippen LogP contribution is 2.15. The Bertz CT molecular complexity index is 714. The molecule has 1 heteroatoms. The maximum absolute atomic E-state index is 5.73. The van der Waals surface area contributed by atoms with E-state index in [1.807, 2.05) is 6.08 Å². The van der Waals surface area contributed by atoms with Crippen molar-refractivity contribution in [1.29, 1.82) is 0 Å². The third-order valence-corrected chi connectivity index (χ3v) is 4.54. The zero-order valence-corrected chi connectivity index (χ0v) is 16.7. The largest absolute Gasteiger partial charge is 0.494 e. The Balaban J connectivity index is 1.75. The van der Waals surface area contributed by atoms with E-state index in [1.54, 1.807) is 0 Å². The first-order chi connectivity index (χ1) is 13.3. The van der Waals surface area contributed by atoms with Crippen molar-refractivity contribution in [1.82, 2.24) is 0 Å². The van der Waals surface area contributed by atoms with E-state index in [2.05, 4.69) is 73.9 Å². The molecule has 2 aromatic carbocycles. The zero-order chi connectivity index (χ0) is 19.2. The van der Waals surface area contributed by atoms with Crippen molar-refractivity contribution in [2.45, 2.75) is 58.3 Å². The lowest BCUT2D eigenvalue weighted by Gasteiger charge is -2.07. The number of unbranched alkanes of at least 4 members (excludes halogenated alkanes) is 4. The summed E-state index contributed by atoms with van der Waals surface area (Å²) < 4.78 is 5.73. The molecule has 0 fully saturated rings. The first-order valence-corrected chi connectivity index (χ1v) is 10.2. The fourth-order valence-corrected chi connectivity index (χ4v) is 2.84. The Morgan fingerprint density at radius 1 is 0.889 bits per heavy atom. The fraction of sp³-hybridized carbons (Fsp3) is 0.385. The van der Waals surface area contributed by atoms with Crippen LogP contribution in [0.25, 0.3) is 0 Å². The molecule has 0 N–H and O–H groups in total. The number of rotatable bonds is 11. The molecule has 0 amide bonds. The zero-order valence-electron chi connectivity index (χ0n) is 16.7. The Kier molecular flexibility index (Phi) is 9.90. The van der Waals surface area contributed by atoms with Crippen LogP contribution in [0.5, 0.6) is 5.75 Å². The summed E-state index contributed by atoms with van der Waals surface area (Å²) in [7, 11) is 0. The van der Waals surface area contributed by atoms with E-state index in [-0.39, 0.29) is 0 Å².